The predicted molar refractivity (Wildman–Crippen MR) is 91.4 cm³/mol. The van der Waals surface area contributed by atoms with Crippen molar-refractivity contribution in [1.82, 2.24) is 4.90 Å². The van der Waals surface area contributed by atoms with E-state index in [1.165, 1.54) is 7.11 Å². The lowest BCUT2D eigenvalue weighted by atomic mass is 10.2. The van der Waals surface area contributed by atoms with Gasteiger partial charge in [0.15, 0.2) is 5.78 Å². The number of amides is 1. The molecule has 1 aliphatic rings. The van der Waals surface area contributed by atoms with Crippen LogP contribution in [0.1, 0.15) is 12.8 Å². The highest BCUT2D eigenvalue weighted by Gasteiger charge is 2.22. The number of piperazine rings is 1. The summed E-state index contributed by atoms with van der Waals surface area (Å²) in [5, 5.41) is 1.20. The highest BCUT2D eigenvalue weighted by Crippen LogP contribution is 2.26. The summed E-state index contributed by atoms with van der Waals surface area (Å²) in [6.45, 7) is 2.75. The minimum Gasteiger partial charge on any atom is -0.377 e. The summed E-state index contributed by atoms with van der Waals surface area (Å²) in [6, 6.07) is 5.44. The number of Topliss-reactive ketones (excluding diaryl/α,β-unsaturated/α-hetero) is 1. The van der Waals surface area contributed by atoms with E-state index in [4.69, 9.17) is 27.9 Å². The second-order valence-corrected chi connectivity index (χ2v) is 6.34. The van der Waals surface area contributed by atoms with Gasteiger partial charge in [-0.05, 0) is 18.2 Å². The van der Waals surface area contributed by atoms with Crippen LogP contribution < -0.4 is 4.90 Å². The molecule has 1 amide bonds. The van der Waals surface area contributed by atoms with Crippen LogP contribution in [-0.2, 0) is 14.3 Å². The number of benzene rings is 1. The number of carbonyl (C=O) groups is 2. The molecule has 1 aromatic carbocycles. The number of anilines is 1. The van der Waals surface area contributed by atoms with E-state index in [0.717, 1.165) is 5.69 Å². The zero-order chi connectivity index (χ0) is 16.8. The van der Waals surface area contributed by atoms with Crippen molar-refractivity contribution in [2.24, 2.45) is 0 Å². The first-order valence-electron chi connectivity index (χ1n) is 7.49. The van der Waals surface area contributed by atoms with Gasteiger partial charge in [0.1, 0.15) is 6.61 Å². The number of hydrogen-bond acceptors (Lipinski definition) is 4. The molecule has 5 nitrogen and oxygen atoms in total. The Balaban J connectivity index is 1.83. The van der Waals surface area contributed by atoms with Crippen molar-refractivity contribution < 1.29 is 14.3 Å². The first-order valence-corrected chi connectivity index (χ1v) is 8.24. The fourth-order valence-corrected chi connectivity index (χ4v) is 3.09. The fourth-order valence-electron chi connectivity index (χ4n) is 2.57. The van der Waals surface area contributed by atoms with Gasteiger partial charge in [-0.1, -0.05) is 23.2 Å². The molecule has 0 saturated carbocycles. The highest BCUT2D eigenvalue weighted by molar-refractivity contribution is 6.35. The Morgan fingerprint density at radius 1 is 1.04 bits per heavy atom. The van der Waals surface area contributed by atoms with Crippen LogP contribution in [0.2, 0.25) is 10.0 Å². The third-order valence-corrected chi connectivity index (χ3v) is 4.20. The van der Waals surface area contributed by atoms with Crippen molar-refractivity contribution in [1.29, 1.82) is 0 Å². The van der Waals surface area contributed by atoms with Gasteiger partial charge in [0, 0.05) is 61.9 Å². The van der Waals surface area contributed by atoms with E-state index < -0.39 is 0 Å². The van der Waals surface area contributed by atoms with Gasteiger partial charge in [-0.25, -0.2) is 0 Å². The summed E-state index contributed by atoms with van der Waals surface area (Å²) in [4.78, 5) is 27.5. The molecule has 7 heteroatoms. The van der Waals surface area contributed by atoms with Gasteiger partial charge in [0.25, 0.3) is 0 Å². The van der Waals surface area contributed by atoms with Gasteiger partial charge in [-0.15, -0.1) is 0 Å². The summed E-state index contributed by atoms with van der Waals surface area (Å²) in [5.74, 6) is -0.0358. The number of nitrogens with zero attached hydrogens (tertiary/aromatic N) is 2. The quantitative estimate of drug-likeness (QED) is 0.784. The third kappa shape index (κ3) is 5.37. The van der Waals surface area contributed by atoms with Gasteiger partial charge in [-0.2, -0.15) is 0 Å². The molecule has 1 aliphatic heterocycles. The number of ketones is 1. The van der Waals surface area contributed by atoms with E-state index in [2.05, 4.69) is 4.90 Å². The van der Waals surface area contributed by atoms with Gasteiger partial charge in [0.2, 0.25) is 5.91 Å². The normalized spacial score (nSPS) is 14.9. The maximum atomic E-state index is 12.1. The van der Waals surface area contributed by atoms with Crippen LogP contribution in [-0.4, -0.2) is 56.5 Å². The van der Waals surface area contributed by atoms with E-state index >= 15 is 0 Å². The van der Waals surface area contributed by atoms with E-state index in [1.807, 2.05) is 12.1 Å². The molecule has 0 aliphatic carbocycles. The Morgan fingerprint density at radius 3 is 2.22 bits per heavy atom. The number of rotatable bonds is 6. The molecule has 0 bridgehead atoms. The van der Waals surface area contributed by atoms with Crippen LogP contribution in [0.25, 0.3) is 0 Å². The molecule has 0 N–H and O–H groups in total. The minimum atomic E-state index is -0.0481. The SMILES string of the molecule is COCC(=O)CCC(=O)N1CCN(c2cc(Cl)cc(Cl)c2)CC1. The van der Waals surface area contributed by atoms with Crippen molar-refractivity contribution in [3.8, 4) is 0 Å². The second-order valence-electron chi connectivity index (χ2n) is 5.47. The Kier molecular flexibility index (Phi) is 6.69. The zero-order valence-electron chi connectivity index (χ0n) is 13.1. The minimum absolute atomic E-state index is 0.0122. The van der Waals surface area contributed by atoms with Gasteiger partial charge < -0.3 is 14.5 Å². The molecule has 0 radical (unpaired) electrons. The topological polar surface area (TPSA) is 49.9 Å². The molecule has 0 atom stereocenters. The van der Waals surface area contributed by atoms with Crippen LogP contribution in [0, 0.1) is 0 Å². The largest absolute Gasteiger partial charge is 0.377 e. The zero-order valence-corrected chi connectivity index (χ0v) is 14.6. The molecule has 1 fully saturated rings. The first kappa shape index (κ1) is 18.0. The molecule has 1 heterocycles. The maximum Gasteiger partial charge on any atom is 0.223 e. The first-order chi connectivity index (χ1) is 11.0. The molecule has 0 aromatic heterocycles. The van der Waals surface area contributed by atoms with Gasteiger partial charge >= 0.3 is 0 Å². The predicted octanol–water partition coefficient (Wildman–Crippen LogP) is 2.64. The summed E-state index contributed by atoms with van der Waals surface area (Å²) in [5.41, 5.74) is 0.963. The van der Waals surface area contributed by atoms with Crippen LogP contribution in [0.15, 0.2) is 18.2 Å². The summed E-state index contributed by atoms with van der Waals surface area (Å²) in [7, 11) is 1.47. The molecule has 1 saturated heterocycles. The number of carbonyl (C=O) groups excluding carboxylic acids is 2. The molecule has 0 unspecified atom stereocenters. The smallest absolute Gasteiger partial charge is 0.223 e. The Hall–Kier alpha value is -1.30. The number of halogens is 2. The van der Waals surface area contributed by atoms with Crippen LogP contribution >= 0.6 is 23.2 Å². The molecule has 2 rings (SSSR count). The highest BCUT2D eigenvalue weighted by atomic mass is 35.5. The van der Waals surface area contributed by atoms with Crippen molar-refractivity contribution in [2.45, 2.75) is 12.8 Å². The third-order valence-electron chi connectivity index (χ3n) is 3.77. The van der Waals surface area contributed by atoms with E-state index in [-0.39, 0.29) is 31.1 Å². The summed E-state index contributed by atoms with van der Waals surface area (Å²) >= 11 is 12.1. The lowest BCUT2D eigenvalue weighted by molar-refractivity contribution is -0.134. The number of methoxy groups -OCH3 is 1. The van der Waals surface area contributed by atoms with E-state index in [9.17, 15) is 9.59 Å². The lowest BCUT2D eigenvalue weighted by Gasteiger charge is -2.36. The molecule has 0 spiro atoms. The Morgan fingerprint density at radius 2 is 1.65 bits per heavy atom. The monoisotopic (exact) mass is 358 g/mol. The second kappa shape index (κ2) is 8.52. The van der Waals surface area contributed by atoms with E-state index in [0.29, 0.717) is 36.2 Å². The molecular weight excluding hydrogens is 339 g/mol. The van der Waals surface area contributed by atoms with Crippen LogP contribution in [0.4, 0.5) is 5.69 Å². The standard InChI is InChI=1S/C16H20Cl2N2O3/c1-23-11-15(21)2-3-16(22)20-6-4-19(5-7-20)14-9-12(17)8-13(18)10-14/h8-10H,2-7,11H2,1H3. The van der Waals surface area contributed by atoms with E-state index in [1.54, 1.807) is 11.0 Å². The Bertz CT molecular complexity index is 552. The van der Waals surface area contributed by atoms with Gasteiger partial charge in [-0.3, -0.25) is 9.59 Å². The van der Waals surface area contributed by atoms with Crippen LogP contribution in [0.5, 0.6) is 0 Å². The average molecular weight is 359 g/mol. The Labute approximate surface area is 146 Å². The fraction of sp³-hybridized carbons (Fsp3) is 0.500. The van der Waals surface area contributed by atoms with Crippen molar-refractivity contribution >= 4 is 40.6 Å². The molecule has 1 aromatic rings. The van der Waals surface area contributed by atoms with Crippen molar-refractivity contribution in [3.05, 3.63) is 28.2 Å². The molecule has 126 valence electrons. The molecular formula is C16H20Cl2N2O3. The van der Waals surface area contributed by atoms with Crippen LogP contribution in [0.3, 0.4) is 0 Å². The maximum absolute atomic E-state index is 12.1. The molecule has 23 heavy (non-hydrogen) atoms. The van der Waals surface area contributed by atoms with Crippen molar-refractivity contribution in [3.63, 3.8) is 0 Å². The van der Waals surface area contributed by atoms with Crippen molar-refractivity contribution in [2.75, 3.05) is 44.8 Å². The lowest BCUT2D eigenvalue weighted by Crippen LogP contribution is -2.48. The van der Waals surface area contributed by atoms with Gasteiger partial charge in [0.05, 0.1) is 0 Å². The average Bonchev–Trinajstić information content (AvgIpc) is 2.52. The summed E-state index contributed by atoms with van der Waals surface area (Å²) < 4.78 is 4.76. The summed E-state index contributed by atoms with van der Waals surface area (Å²) in [6.07, 6.45) is 0.474. The number of hydrogen-bond donors (Lipinski definition) is 0. The number of ether oxygens (including phenoxy) is 1.